The maximum absolute atomic E-state index is 9.23. The first-order valence-electron chi connectivity index (χ1n) is 6.73. The van der Waals surface area contributed by atoms with Crippen molar-refractivity contribution >= 4 is 0 Å². The lowest BCUT2D eigenvalue weighted by atomic mass is 9.84. The van der Waals surface area contributed by atoms with Gasteiger partial charge in [-0.3, -0.25) is 0 Å². The predicted molar refractivity (Wildman–Crippen MR) is 74.4 cm³/mol. The summed E-state index contributed by atoms with van der Waals surface area (Å²) in [5.41, 5.74) is -0.317. The molecule has 1 atom stereocenters. The monoisotopic (exact) mass is 264 g/mol. The third-order valence-corrected chi connectivity index (χ3v) is 3.57. The van der Waals surface area contributed by atoms with Gasteiger partial charge in [-0.1, -0.05) is 34.6 Å². The van der Waals surface area contributed by atoms with Crippen molar-refractivity contribution in [2.45, 2.75) is 60.0 Å². The normalized spacial score (nSPS) is 13.8. The number of aliphatic hydroxyl groups excluding tert-OH is 4. The molecular formula is C14H32O4. The Morgan fingerprint density at radius 2 is 1.28 bits per heavy atom. The molecule has 0 aromatic carbocycles. The Balaban J connectivity index is 0. The first-order chi connectivity index (χ1) is 8.22. The second kappa shape index (κ2) is 9.73. The minimum absolute atomic E-state index is 0.0679. The molecule has 0 fully saturated rings. The van der Waals surface area contributed by atoms with E-state index in [1.54, 1.807) is 0 Å². The highest BCUT2D eigenvalue weighted by Gasteiger charge is 2.23. The van der Waals surface area contributed by atoms with E-state index in [-0.39, 0.29) is 36.8 Å². The van der Waals surface area contributed by atoms with Crippen molar-refractivity contribution in [2.24, 2.45) is 10.8 Å². The lowest BCUT2D eigenvalue weighted by Crippen LogP contribution is -2.27. The molecule has 0 aliphatic carbocycles. The van der Waals surface area contributed by atoms with Crippen LogP contribution in [0.2, 0.25) is 0 Å². The van der Waals surface area contributed by atoms with Gasteiger partial charge in [0.2, 0.25) is 0 Å². The molecule has 0 heterocycles. The van der Waals surface area contributed by atoms with Gasteiger partial charge in [-0.25, -0.2) is 0 Å². The molecule has 0 spiro atoms. The molecule has 4 nitrogen and oxygen atoms in total. The quantitative estimate of drug-likeness (QED) is 0.587. The summed E-state index contributed by atoms with van der Waals surface area (Å²) in [5, 5.41) is 35.3. The highest BCUT2D eigenvalue weighted by Crippen LogP contribution is 2.23. The molecule has 0 aliphatic heterocycles. The van der Waals surface area contributed by atoms with Crippen LogP contribution in [0.5, 0.6) is 0 Å². The first-order valence-corrected chi connectivity index (χ1v) is 6.73. The molecule has 1 unspecified atom stereocenters. The molecule has 0 radical (unpaired) electrons. The summed E-state index contributed by atoms with van der Waals surface area (Å²) in [6, 6.07) is 0. The van der Waals surface area contributed by atoms with Gasteiger partial charge in [-0.15, -0.1) is 0 Å². The topological polar surface area (TPSA) is 80.9 Å². The molecular weight excluding hydrogens is 232 g/mol. The summed E-state index contributed by atoms with van der Waals surface area (Å²) in [6.07, 6.45) is 1.78. The van der Waals surface area contributed by atoms with Gasteiger partial charge in [0.15, 0.2) is 0 Å². The van der Waals surface area contributed by atoms with Gasteiger partial charge in [0.1, 0.15) is 0 Å². The molecule has 0 aromatic rings. The van der Waals surface area contributed by atoms with E-state index in [1.165, 1.54) is 0 Å². The van der Waals surface area contributed by atoms with Crippen molar-refractivity contribution in [1.82, 2.24) is 0 Å². The van der Waals surface area contributed by atoms with Gasteiger partial charge in [0, 0.05) is 12.0 Å². The van der Waals surface area contributed by atoms with Crippen LogP contribution in [-0.4, -0.2) is 46.4 Å². The largest absolute Gasteiger partial charge is 0.396 e. The second-order valence-corrected chi connectivity index (χ2v) is 5.92. The zero-order valence-corrected chi connectivity index (χ0v) is 12.6. The molecule has 4 heteroatoms. The van der Waals surface area contributed by atoms with Crippen LogP contribution in [0.25, 0.3) is 0 Å². The van der Waals surface area contributed by atoms with E-state index in [9.17, 15) is 5.11 Å². The van der Waals surface area contributed by atoms with Crippen LogP contribution in [-0.2, 0) is 0 Å². The smallest absolute Gasteiger partial charge is 0.0610 e. The van der Waals surface area contributed by atoms with Gasteiger partial charge < -0.3 is 20.4 Å². The zero-order valence-electron chi connectivity index (χ0n) is 12.6. The van der Waals surface area contributed by atoms with Crippen molar-refractivity contribution in [3.8, 4) is 0 Å². The Kier molecular flexibility index (Phi) is 10.9. The highest BCUT2D eigenvalue weighted by molar-refractivity contribution is 4.73. The molecule has 18 heavy (non-hydrogen) atoms. The summed E-state index contributed by atoms with van der Waals surface area (Å²) in [7, 11) is 0. The molecule has 0 aliphatic rings. The molecule has 0 aromatic heterocycles. The van der Waals surface area contributed by atoms with E-state index in [4.69, 9.17) is 15.3 Å². The molecule has 0 rings (SSSR count). The summed E-state index contributed by atoms with van der Waals surface area (Å²) < 4.78 is 0. The molecule has 0 saturated carbocycles. The molecule has 4 N–H and O–H groups in total. The Bertz CT molecular complexity index is 165. The van der Waals surface area contributed by atoms with Gasteiger partial charge >= 0.3 is 0 Å². The van der Waals surface area contributed by atoms with E-state index in [0.29, 0.717) is 6.42 Å². The van der Waals surface area contributed by atoms with Crippen LogP contribution in [0.1, 0.15) is 53.9 Å². The van der Waals surface area contributed by atoms with Crippen LogP contribution in [0.4, 0.5) is 0 Å². The van der Waals surface area contributed by atoms with E-state index in [2.05, 4.69) is 0 Å². The summed E-state index contributed by atoms with van der Waals surface area (Å²) >= 11 is 0. The first kappa shape index (κ1) is 20.2. The Labute approximate surface area is 112 Å². The van der Waals surface area contributed by atoms with Crippen LogP contribution >= 0.6 is 0 Å². The fourth-order valence-corrected chi connectivity index (χ4v) is 1.30. The Hall–Kier alpha value is -0.160. The predicted octanol–water partition coefficient (Wildman–Crippen LogP) is 1.55. The van der Waals surface area contributed by atoms with Gasteiger partial charge in [0.25, 0.3) is 0 Å². The van der Waals surface area contributed by atoms with Gasteiger partial charge in [-0.2, -0.15) is 0 Å². The zero-order chi connectivity index (χ0) is 14.8. The van der Waals surface area contributed by atoms with Gasteiger partial charge in [0.05, 0.1) is 19.3 Å². The van der Waals surface area contributed by atoms with Crippen LogP contribution < -0.4 is 0 Å². The number of hydrogen-bond donors (Lipinski definition) is 4. The van der Waals surface area contributed by atoms with Crippen molar-refractivity contribution in [1.29, 1.82) is 0 Å². The number of rotatable bonds is 6. The fraction of sp³-hybridized carbons (Fsp3) is 1.00. The summed E-state index contributed by atoms with van der Waals surface area (Å²) in [6.45, 7) is 10.1. The molecule has 112 valence electrons. The average Bonchev–Trinajstić information content (AvgIpc) is 2.33. The van der Waals surface area contributed by atoms with Crippen molar-refractivity contribution in [2.75, 3.05) is 19.8 Å². The minimum Gasteiger partial charge on any atom is -0.396 e. The van der Waals surface area contributed by atoms with Crippen molar-refractivity contribution in [3.63, 3.8) is 0 Å². The highest BCUT2D eigenvalue weighted by atomic mass is 16.3. The third kappa shape index (κ3) is 8.03. The third-order valence-electron chi connectivity index (χ3n) is 3.57. The second-order valence-electron chi connectivity index (χ2n) is 5.92. The minimum atomic E-state index is -0.387. The standard InChI is InChI=1S/2C7H16O2/c1-7(2,3)6(9)4-5-8;1-3-7(4-2,5-8)6-9/h6,8-9H,4-5H2,1-3H3;8-9H,3-6H2,1-2H3. The summed E-state index contributed by atoms with van der Waals surface area (Å²) in [4.78, 5) is 0. The molecule has 0 saturated heterocycles. The lowest BCUT2D eigenvalue weighted by molar-refractivity contribution is 0.0405. The molecule has 0 amide bonds. The number of aliphatic hydroxyl groups is 4. The maximum Gasteiger partial charge on any atom is 0.0610 e. The fourth-order valence-electron chi connectivity index (χ4n) is 1.30. The summed E-state index contributed by atoms with van der Waals surface area (Å²) in [5.74, 6) is 0. The average molecular weight is 264 g/mol. The van der Waals surface area contributed by atoms with E-state index in [0.717, 1.165) is 12.8 Å². The Morgan fingerprint density at radius 3 is 1.33 bits per heavy atom. The van der Waals surface area contributed by atoms with Crippen LogP contribution in [0.3, 0.4) is 0 Å². The lowest BCUT2D eigenvalue weighted by Gasteiger charge is -2.25. The molecule has 0 bridgehead atoms. The maximum atomic E-state index is 9.23. The van der Waals surface area contributed by atoms with Crippen molar-refractivity contribution < 1.29 is 20.4 Å². The van der Waals surface area contributed by atoms with E-state index < -0.39 is 0 Å². The van der Waals surface area contributed by atoms with Crippen LogP contribution in [0, 0.1) is 10.8 Å². The van der Waals surface area contributed by atoms with E-state index >= 15 is 0 Å². The number of hydrogen-bond acceptors (Lipinski definition) is 4. The van der Waals surface area contributed by atoms with E-state index in [1.807, 2.05) is 34.6 Å². The SMILES string of the molecule is CC(C)(C)C(O)CCO.CCC(CC)(CO)CO. The van der Waals surface area contributed by atoms with Crippen LogP contribution in [0.15, 0.2) is 0 Å². The van der Waals surface area contributed by atoms with Gasteiger partial charge in [-0.05, 0) is 24.7 Å². The van der Waals surface area contributed by atoms with Crippen molar-refractivity contribution in [3.05, 3.63) is 0 Å². The Morgan fingerprint density at radius 1 is 0.889 bits per heavy atom.